The van der Waals surface area contributed by atoms with Gasteiger partial charge in [0.2, 0.25) is 0 Å². The summed E-state index contributed by atoms with van der Waals surface area (Å²) in [6.07, 6.45) is 8.11. The van der Waals surface area contributed by atoms with Crippen molar-refractivity contribution in [3.05, 3.63) is 12.2 Å². The first-order valence-corrected chi connectivity index (χ1v) is 4.56. The average molecular weight is 154 g/mol. The van der Waals surface area contributed by atoms with Crippen LogP contribution in [-0.4, -0.2) is 11.2 Å². The highest BCUT2D eigenvalue weighted by Gasteiger charge is 2.19. The summed E-state index contributed by atoms with van der Waals surface area (Å²) in [4.78, 5) is 0. The molecule has 0 saturated heterocycles. The third-order valence-electron chi connectivity index (χ3n) is 2.73. The van der Waals surface area contributed by atoms with E-state index in [4.69, 9.17) is 0 Å². The Hall–Kier alpha value is -0.300. The predicted molar refractivity (Wildman–Crippen MR) is 47.3 cm³/mol. The summed E-state index contributed by atoms with van der Waals surface area (Å²) in [6.45, 7) is 4.01. The summed E-state index contributed by atoms with van der Waals surface area (Å²) in [7, 11) is 0. The Balaban J connectivity index is 2.45. The number of hydrogen-bond acceptors (Lipinski definition) is 1. The maximum Gasteiger partial charge on any atom is 0.0543 e. The van der Waals surface area contributed by atoms with Gasteiger partial charge in [-0.3, -0.25) is 0 Å². The number of rotatable bonds is 2. The van der Waals surface area contributed by atoms with E-state index in [-0.39, 0.29) is 6.10 Å². The Bertz CT molecular complexity index is 138. The van der Waals surface area contributed by atoms with E-state index < -0.39 is 0 Å². The molecular formula is C10H18O. The van der Waals surface area contributed by atoms with Crippen molar-refractivity contribution in [1.82, 2.24) is 0 Å². The van der Waals surface area contributed by atoms with Crippen LogP contribution < -0.4 is 0 Å². The highest BCUT2D eigenvalue weighted by Crippen LogP contribution is 2.26. The Morgan fingerprint density at radius 1 is 1.45 bits per heavy atom. The second-order valence-electron chi connectivity index (χ2n) is 3.62. The number of aliphatic hydroxyl groups excluding tert-OH is 1. The summed E-state index contributed by atoms with van der Waals surface area (Å²) in [5.74, 6) is 1.04. The van der Waals surface area contributed by atoms with Gasteiger partial charge in [0.25, 0.3) is 0 Å². The van der Waals surface area contributed by atoms with Crippen molar-refractivity contribution in [2.75, 3.05) is 0 Å². The van der Waals surface area contributed by atoms with Crippen LogP contribution in [-0.2, 0) is 0 Å². The molecule has 0 saturated carbocycles. The lowest BCUT2D eigenvalue weighted by Gasteiger charge is -2.25. The third-order valence-corrected chi connectivity index (χ3v) is 2.73. The fourth-order valence-electron chi connectivity index (χ4n) is 1.63. The van der Waals surface area contributed by atoms with E-state index in [1.54, 1.807) is 0 Å². The number of allylic oxidation sites excluding steroid dienone is 2. The Labute approximate surface area is 69.1 Å². The zero-order valence-electron chi connectivity index (χ0n) is 7.46. The van der Waals surface area contributed by atoms with Crippen molar-refractivity contribution in [3.8, 4) is 0 Å². The number of hydrogen-bond donors (Lipinski definition) is 1. The molecule has 1 heteroatoms. The quantitative estimate of drug-likeness (QED) is 0.605. The molecule has 1 aliphatic rings. The van der Waals surface area contributed by atoms with Crippen LogP contribution in [0.5, 0.6) is 0 Å². The van der Waals surface area contributed by atoms with Crippen LogP contribution in [0.3, 0.4) is 0 Å². The molecule has 1 aliphatic carbocycles. The minimum absolute atomic E-state index is 0.164. The van der Waals surface area contributed by atoms with Gasteiger partial charge in [-0.1, -0.05) is 19.1 Å². The first-order chi connectivity index (χ1) is 5.22. The monoisotopic (exact) mass is 154 g/mol. The molecule has 11 heavy (non-hydrogen) atoms. The largest absolute Gasteiger partial charge is 0.393 e. The van der Waals surface area contributed by atoms with Crippen molar-refractivity contribution >= 4 is 0 Å². The first kappa shape index (κ1) is 8.79. The van der Waals surface area contributed by atoms with Gasteiger partial charge in [0.15, 0.2) is 0 Å². The maximum atomic E-state index is 9.34. The van der Waals surface area contributed by atoms with E-state index in [0.717, 1.165) is 0 Å². The van der Waals surface area contributed by atoms with Crippen molar-refractivity contribution in [1.29, 1.82) is 0 Å². The smallest absolute Gasteiger partial charge is 0.0543 e. The molecule has 0 spiro atoms. The molecule has 0 bridgehead atoms. The lowest BCUT2D eigenvalue weighted by molar-refractivity contribution is 0.107. The van der Waals surface area contributed by atoms with Gasteiger partial charge in [0, 0.05) is 0 Å². The van der Waals surface area contributed by atoms with Crippen molar-refractivity contribution in [2.45, 2.75) is 39.2 Å². The van der Waals surface area contributed by atoms with Gasteiger partial charge < -0.3 is 5.11 Å². The summed E-state index contributed by atoms with van der Waals surface area (Å²) in [5, 5.41) is 9.34. The minimum atomic E-state index is -0.164. The van der Waals surface area contributed by atoms with Crippen molar-refractivity contribution < 1.29 is 5.11 Å². The molecule has 0 aliphatic heterocycles. The van der Waals surface area contributed by atoms with E-state index in [0.29, 0.717) is 11.8 Å². The van der Waals surface area contributed by atoms with Gasteiger partial charge in [-0.25, -0.2) is 0 Å². The van der Waals surface area contributed by atoms with Gasteiger partial charge in [-0.05, 0) is 38.0 Å². The predicted octanol–water partition coefficient (Wildman–Crippen LogP) is 2.36. The molecule has 0 aromatic heterocycles. The molecule has 3 atom stereocenters. The molecule has 1 N–H and O–H groups in total. The molecule has 1 nitrogen and oxygen atoms in total. The fraction of sp³-hybridized carbons (Fsp3) is 0.800. The van der Waals surface area contributed by atoms with E-state index in [9.17, 15) is 5.11 Å². The van der Waals surface area contributed by atoms with Crippen LogP contribution in [0.1, 0.15) is 33.1 Å². The fourth-order valence-corrected chi connectivity index (χ4v) is 1.63. The van der Waals surface area contributed by atoms with Crippen LogP contribution in [0, 0.1) is 11.8 Å². The standard InChI is InChI=1S/C10H18O/c1-8(9(2)11)10-6-4-3-5-7-10/h4,6,8-11H,3,5,7H2,1-2H3. The Morgan fingerprint density at radius 3 is 2.64 bits per heavy atom. The molecule has 3 unspecified atom stereocenters. The van der Waals surface area contributed by atoms with Crippen molar-refractivity contribution in [2.24, 2.45) is 11.8 Å². The summed E-state index contributed by atoms with van der Waals surface area (Å²) < 4.78 is 0. The molecule has 0 heterocycles. The van der Waals surface area contributed by atoms with Crippen LogP contribution in [0.15, 0.2) is 12.2 Å². The lowest BCUT2D eigenvalue weighted by atomic mass is 9.83. The molecule has 0 amide bonds. The van der Waals surface area contributed by atoms with Crippen LogP contribution in [0.2, 0.25) is 0 Å². The molecule has 0 aromatic carbocycles. The highest BCUT2D eigenvalue weighted by molar-refractivity contribution is 4.95. The zero-order valence-corrected chi connectivity index (χ0v) is 7.46. The normalized spacial score (nSPS) is 29.9. The Kier molecular flexibility index (Phi) is 3.13. The van der Waals surface area contributed by atoms with Gasteiger partial charge in [-0.15, -0.1) is 0 Å². The average Bonchev–Trinajstić information content (AvgIpc) is 2.05. The first-order valence-electron chi connectivity index (χ1n) is 4.56. The Morgan fingerprint density at radius 2 is 2.18 bits per heavy atom. The minimum Gasteiger partial charge on any atom is -0.393 e. The van der Waals surface area contributed by atoms with Crippen LogP contribution in [0.25, 0.3) is 0 Å². The van der Waals surface area contributed by atoms with Gasteiger partial charge in [0.1, 0.15) is 0 Å². The van der Waals surface area contributed by atoms with E-state index in [1.165, 1.54) is 19.3 Å². The van der Waals surface area contributed by atoms with Crippen molar-refractivity contribution in [3.63, 3.8) is 0 Å². The lowest BCUT2D eigenvalue weighted by Crippen LogP contribution is -2.22. The van der Waals surface area contributed by atoms with Crippen LogP contribution >= 0.6 is 0 Å². The third kappa shape index (κ3) is 2.33. The van der Waals surface area contributed by atoms with Gasteiger partial charge >= 0.3 is 0 Å². The molecule has 0 aromatic rings. The second kappa shape index (κ2) is 3.91. The summed E-state index contributed by atoms with van der Waals surface area (Å²) in [6, 6.07) is 0. The molecular weight excluding hydrogens is 136 g/mol. The zero-order chi connectivity index (χ0) is 8.27. The molecule has 1 rings (SSSR count). The highest BCUT2D eigenvalue weighted by atomic mass is 16.3. The van der Waals surface area contributed by atoms with E-state index in [2.05, 4.69) is 19.1 Å². The maximum absolute atomic E-state index is 9.34. The topological polar surface area (TPSA) is 20.2 Å². The van der Waals surface area contributed by atoms with Gasteiger partial charge in [-0.2, -0.15) is 0 Å². The van der Waals surface area contributed by atoms with Crippen LogP contribution in [0.4, 0.5) is 0 Å². The molecule has 0 fully saturated rings. The molecule has 64 valence electrons. The van der Waals surface area contributed by atoms with Gasteiger partial charge in [0.05, 0.1) is 6.10 Å². The summed E-state index contributed by atoms with van der Waals surface area (Å²) in [5.41, 5.74) is 0. The SMILES string of the molecule is CC(O)C(C)C1C=CCCC1. The summed E-state index contributed by atoms with van der Waals surface area (Å²) >= 11 is 0. The molecule has 0 radical (unpaired) electrons. The number of aliphatic hydroxyl groups is 1. The van der Waals surface area contributed by atoms with E-state index in [1.807, 2.05) is 6.92 Å². The second-order valence-corrected chi connectivity index (χ2v) is 3.62. The van der Waals surface area contributed by atoms with E-state index >= 15 is 0 Å².